The number of carbonyl (C=O) groups is 1. The van der Waals surface area contributed by atoms with E-state index in [1.54, 1.807) is 0 Å². The average Bonchev–Trinajstić information content (AvgIpc) is 3.19. The second-order valence-electron chi connectivity index (χ2n) is 4.98. The van der Waals surface area contributed by atoms with Crippen molar-refractivity contribution in [3.63, 3.8) is 0 Å². The van der Waals surface area contributed by atoms with Crippen LogP contribution < -0.4 is 5.32 Å². The molecule has 1 N–H and O–H groups in total. The fraction of sp³-hybridized carbons (Fsp3) is 0.500. The van der Waals surface area contributed by atoms with Crippen LogP contribution in [-0.2, 0) is 22.5 Å². The van der Waals surface area contributed by atoms with Crippen molar-refractivity contribution in [2.24, 2.45) is 5.92 Å². The van der Waals surface area contributed by atoms with E-state index in [4.69, 9.17) is 4.74 Å². The van der Waals surface area contributed by atoms with Crippen molar-refractivity contribution in [3.05, 3.63) is 35.4 Å². The molecule has 0 aromatic heterocycles. The van der Waals surface area contributed by atoms with Crippen molar-refractivity contribution in [2.45, 2.75) is 31.8 Å². The highest BCUT2D eigenvalue weighted by Crippen LogP contribution is 2.29. The molecule has 0 unspecified atom stereocenters. The monoisotopic (exact) mass is 231 g/mol. The molecule has 1 fully saturated rings. The molecular formula is C14H17NO2. The van der Waals surface area contributed by atoms with Gasteiger partial charge < -0.3 is 10.1 Å². The molecule has 1 aliphatic heterocycles. The van der Waals surface area contributed by atoms with Gasteiger partial charge >= 0.3 is 5.97 Å². The van der Waals surface area contributed by atoms with Crippen LogP contribution in [-0.4, -0.2) is 18.6 Å². The Kier molecular flexibility index (Phi) is 2.85. The molecule has 3 heteroatoms. The molecule has 3 nitrogen and oxygen atoms in total. The minimum absolute atomic E-state index is 0.0913. The molecule has 3 rings (SSSR count). The summed E-state index contributed by atoms with van der Waals surface area (Å²) < 4.78 is 5.32. The molecule has 0 saturated heterocycles. The number of benzene rings is 1. The minimum atomic E-state index is -0.163. The number of fused-ring (bicyclic) bond motifs is 1. The maximum Gasteiger partial charge on any atom is 0.323 e. The number of ether oxygens (including phenoxy) is 1. The van der Waals surface area contributed by atoms with Crippen LogP contribution in [0.5, 0.6) is 0 Å². The van der Waals surface area contributed by atoms with Gasteiger partial charge in [-0.05, 0) is 36.3 Å². The Hall–Kier alpha value is -1.35. The van der Waals surface area contributed by atoms with E-state index in [0.29, 0.717) is 12.5 Å². The van der Waals surface area contributed by atoms with Gasteiger partial charge in [-0.15, -0.1) is 0 Å². The molecule has 1 aromatic carbocycles. The predicted octanol–water partition coefficient (Wildman–Crippen LogP) is 1.65. The van der Waals surface area contributed by atoms with Crippen LogP contribution in [0.4, 0.5) is 0 Å². The van der Waals surface area contributed by atoms with E-state index in [1.807, 2.05) is 12.1 Å². The van der Waals surface area contributed by atoms with Gasteiger partial charge in [0.05, 0.1) is 6.61 Å². The van der Waals surface area contributed by atoms with Crippen molar-refractivity contribution in [2.75, 3.05) is 6.61 Å². The maximum absolute atomic E-state index is 11.9. The molecular weight excluding hydrogens is 214 g/mol. The first kappa shape index (κ1) is 10.8. The number of carbonyl (C=O) groups excluding carboxylic acids is 1. The molecule has 0 bridgehead atoms. The number of hydrogen-bond donors (Lipinski definition) is 1. The first-order valence-corrected chi connectivity index (χ1v) is 6.30. The van der Waals surface area contributed by atoms with Crippen molar-refractivity contribution >= 4 is 5.97 Å². The molecule has 1 aliphatic carbocycles. The van der Waals surface area contributed by atoms with Gasteiger partial charge in [-0.2, -0.15) is 0 Å². The van der Waals surface area contributed by atoms with E-state index >= 15 is 0 Å². The molecule has 90 valence electrons. The lowest BCUT2D eigenvalue weighted by atomic mass is 9.96. The van der Waals surface area contributed by atoms with Crippen LogP contribution in [0.15, 0.2) is 24.3 Å². The quantitative estimate of drug-likeness (QED) is 0.804. The maximum atomic E-state index is 11.9. The predicted molar refractivity (Wildman–Crippen MR) is 64.5 cm³/mol. The van der Waals surface area contributed by atoms with E-state index < -0.39 is 0 Å². The third kappa shape index (κ3) is 2.50. The fourth-order valence-electron chi connectivity index (χ4n) is 2.21. The highest BCUT2D eigenvalue weighted by molar-refractivity contribution is 5.76. The van der Waals surface area contributed by atoms with E-state index in [2.05, 4.69) is 17.4 Å². The van der Waals surface area contributed by atoms with Crippen molar-refractivity contribution < 1.29 is 9.53 Å². The van der Waals surface area contributed by atoms with Gasteiger partial charge in [0.25, 0.3) is 0 Å². The third-order valence-corrected chi connectivity index (χ3v) is 3.52. The van der Waals surface area contributed by atoms with Crippen LogP contribution in [0.1, 0.15) is 24.0 Å². The van der Waals surface area contributed by atoms with Gasteiger partial charge in [0.1, 0.15) is 6.04 Å². The lowest BCUT2D eigenvalue weighted by Crippen LogP contribution is -2.42. The minimum Gasteiger partial charge on any atom is -0.464 e. The summed E-state index contributed by atoms with van der Waals surface area (Å²) in [6, 6.07) is 8.10. The molecule has 2 aliphatic rings. The van der Waals surface area contributed by atoms with Crippen LogP contribution in [0.25, 0.3) is 0 Å². The highest BCUT2D eigenvalue weighted by Gasteiger charge is 2.28. The SMILES string of the molecule is O=C(OCC1CC1)[C@@H]1Cc2ccccc2CN1. The normalized spacial score (nSPS) is 22.9. The second-order valence-corrected chi connectivity index (χ2v) is 4.98. The topological polar surface area (TPSA) is 38.3 Å². The zero-order valence-electron chi connectivity index (χ0n) is 9.82. The van der Waals surface area contributed by atoms with Crippen molar-refractivity contribution in [1.29, 1.82) is 0 Å². The Balaban J connectivity index is 1.60. The van der Waals surface area contributed by atoms with Gasteiger partial charge in [0.2, 0.25) is 0 Å². The second kappa shape index (κ2) is 4.49. The van der Waals surface area contributed by atoms with Gasteiger partial charge in [-0.25, -0.2) is 0 Å². The van der Waals surface area contributed by atoms with Crippen LogP contribution in [0.2, 0.25) is 0 Å². The summed E-state index contributed by atoms with van der Waals surface area (Å²) in [6.07, 6.45) is 3.18. The van der Waals surface area contributed by atoms with E-state index in [-0.39, 0.29) is 12.0 Å². The van der Waals surface area contributed by atoms with Crippen molar-refractivity contribution in [3.8, 4) is 0 Å². The first-order chi connectivity index (χ1) is 8.33. The highest BCUT2D eigenvalue weighted by atomic mass is 16.5. The molecule has 1 atom stereocenters. The van der Waals surface area contributed by atoms with Crippen LogP contribution >= 0.6 is 0 Å². The van der Waals surface area contributed by atoms with E-state index in [9.17, 15) is 4.79 Å². The third-order valence-electron chi connectivity index (χ3n) is 3.52. The first-order valence-electron chi connectivity index (χ1n) is 6.30. The van der Waals surface area contributed by atoms with Gasteiger partial charge in [0.15, 0.2) is 0 Å². The summed E-state index contributed by atoms with van der Waals surface area (Å²) in [5, 5.41) is 3.24. The largest absolute Gasteiger partial charge is 0.464 e. The smallest absolute Gasteiger partial charge is 0.323 e. The van der Waals surface area contributed by atoms with Crippen LogP contribution in [0, 0.1) is 5.92 Å². The lowest BCUT2D eigenvalue weighted by molar-refractivity contribution is -0.146. The van der Waals surface area contributed by atoms with Crippen LogP contribution in [0.3, 0.4) is 0 Å². The summed E-state index contributed by atoms with van der Waals surface area (Å²) in [7, 11) is 0. The molecule has 1 heterocycles. The van der Waals surface area contributed by atoms with E-state index in [1.165, 1.54) is 24.0 Å². The Morgan fingerprint density at radius 1 is 1.29 bits per heavy atom. The molecule has 17 heavy (non-hydrogen) atoms. The summed E-state index contributed by atoms with van der Waals surface area (Å²) in [5.74, 6) is 0.543. The molecule has 0 amide bonds. The Bertz CT molecular complexity index is 426. The molecule has 0 spiro atoms. The molecule has 0 radical (unpaired) electrons. The van der Waals surface area contributed by atoms with Gasteiger partial charge in [-0.1, -0.05) is 24.3 Å². The Labute approximate surface area is 101 Å². The zero-order chi connectivity index (χ0) is 11.7. The number of rotatable bonds is 3. The lowest BCUT2D eigenvalue weighted by Gasteiger charge is -2.24. The number of nitrogens with one attached hydrogen (secondary N) is 1. The fourth-order valence-corrected chi connectivity index (χ4v) is 2.21. The molecule has 1 saturated carbocycles. The Morgan fingerprint density at radius 2 is 2.06 bits per heavy atom. The molecule has 1 aromatic rings. The summed E-state index contributed by atoms with van der Waals surface area (Å²) in [4.78, 5) is 11.9. The van der Waals surface area contributed by atoms with Crippen molar-refractivity contribution in [1.82, 2.24) is 5.32 Å². The summed E-state index contributed by atoms with van der Waals surface area (Å²) in [5.41, 5.74) is 2.55. The van der Waals surface area contributed by atoms with Gasteiger partial charge in [0, 0.05) is 6.54 Å². The standard InChI is InChI=1S/C14H17NO2/c16-14(17-9-10-5-6-10)13-7-11-3-1-2-4-12(11)8-15-13/h1-4,10,13,15H,5-9H2/t13-/m0/s1. The Morgan fingerprint density at radius 3 is 2.82 bits per heavy atom. The van der Waals surface area contributed by atoms with E-state index in [0.717, 1.165) is 13.0 Å². The zero-order valence-corrected chi connectivity index (χ0v) is 9.82. The number of hydrogen-bond acceptors (Lipinski definition) is 3. The average molecular weight is 231 g/mol. The summed E-state index contributed by atoms with van der Waals surface area (Å²) >= 11 is 0. The summed E-state index contributed by atoms with van der Waals surface area (Å²) in [6.45, 7) is 1.37. The number of esters is 1. The van der Waals surface area contributed by atoms with Gasteiger partial charge in [-0.3, -0.25) is 4.79 Å².